The van der Waals surface area contributed by atoms with Gasteiger partial charge in [0.25, 0.3) is 5.91 Å². The normalized spacial score (nSPS) is 10.2. The van der Waals surface area contributed by atoms with Crippen molar-refractivity contribution < 1.29 is 18.7 Å². The minimum absolute atomic E-state index is 0.111. The summed E-state index contributed by atoms with van der Waals surface area (Å²) in [5.74, 6) is 0.416. The number of benzene rings is 2. The van der Waals surface area contributed by atoms with Crippen LogP contribution in [0.15, 0.2) is 36.4 Å². The van der Waals surface area contributed by atoms with Gasteiger partial charge in [-0.15, -0.1) is 0 Å². The van der Waals surface area contributed by atoms with Crippen molar-refractivity contribution in [3.05, 3.63) is 58.9 Å². The number of nitrogens with one attached hydrogen (secondary N) is 1. The Bertz CT molecular complexity index is 686. The molecule has 5 heteroatoms. The summed E-state index contributed by atoms with van der Waals surface area (Å²) in [7, 11) is 3.05. The highest BCUT2D eigenvalue weighted by Crippen LogP contribution is 2.31. The quantitative estimate of drug-likeness (QED) is 0.923. The first kappa shape index (κ1) is 15.8. The van der Waals surface area contributed by atoms with Gasteiger partial charge in [-0.3, -0.25) is 4.79 Å². The Hall–Kier alpha value is -2.56. The van der Waals surface area contributed by atoms with Gasteiger partial charge in [-0.1, -0.05) is 18.2 Å². The van der Waals surface area contributed by atoms with Crippen LogP contribution in [-0.4, -0.2) is 20.1 Å². The molecule has 2 rings (SSSR count). The first-order chi connectivity index (χ1) is 10.6. The molecule has 0 bridgehead atoms. The number of carbonyl (C=O) groups excluding carboxylic acids is 1. The molecule has 0 aliphatic rings. The maximum absolute atomic E-state index is 13.6. The van der Waals surface area contributed by atoms with Crippen molar-refractivity contribution >= 4 is 5.91 Å². The topological polar surface area (TPSA) is 47.6 Å². The average Bonchev–Trinajstić information content (AvgIpc) is 2.53. The number of methoxy groups -OCH3 is 2. The molecule has 0 aliphatic heterocycles. The van der Waals surface area contributed by atoms with Crippen molar-refractivity contribution in [2.75, 3.05) is 14.2 Å². The molecule has 22 heavy (non-hydrogen) atoms. The SMILES string of the molecule is COc1ccc(C(=O)NCc2ccccc2F)c(OC)c1C. The first-order valence-corrected chi connectivity index (χ1v) is 6.81. The van der Waals surface area contributed by atoms with Crippen LogP contribution in [0.5, 0.6) is 11.5 Å². The van der Waals surface area contributed by atoms with E-state index in [0.717, 1.165) is 5.56 Å². The van der Waals surface area contributed by atoms with Crippen molar-refractivity contribution in [1.82, 2.24) is 5.32 Å². The minimum Gasteiger partial charge on any atom is -0.496 e. The summed E-state index contributed by atoms with van der Waals surface area (Å²) in [6, 6.07) is 9.65. The van der Waals surface area contributed by atoms with Gasteiger partial charge in [0.1, 0.15) is 17.3 Å². The second kappa shape index (κ2) is 6.93. The van der Waals surface area contributed by atoms with Gasteiger partial charge in [-0.05, 0) is 25.1 Å². The van der Waals surface area contributed by atoms with Crippen molar-refractivity contribution in [3.63, 3.8) is 0 Å². The molecular formula is C17H18FNO3. The van der Waals surface area contributed by atoms with Gasteiger partial charge in [-0.2, -0.15) is 0 Å². The lowest BCUT2D eigenvalue weighted by molar-refractivity contribution is 0.0947. The summed E-state index contributed by atoms with van der Waals surface area (Å²) in [5, 5.41) is 2.70. The lowest BCUT2D eigenvalue weighted by Gasteiger charge is -2.14. The first-order valence-electron chi connectivity index (χ1n) is 6.81. The largest absolute Gasteiger partial charge is 0.496 e. The summed E-state index contributed by atoms with van der Waals surface area (Å²) in [6.07, 6.45) is 0. The average molecular weight is 303 g/mol. The molecule has 0 unspecified atom stereocenters. The number of hydrogen-bond acceptors (Lipinski definition) is 3. The zero-order chi connectivity index (χ0) is 16.1. The third-order valence-corrected chi connectivity index (χ3v) is 3.42. The van der Waals surface area contributed by atoms with Crippen LogP contribution in [0.25, 0.3) is 0 Å². The van der Waals surface area contributed by atoms with E-state index >= 15 is 0 Å². The molecule has 0 radical (unpaired) electrons. The molecule has 2 aromatic rings. The van der Waals surface area contributed by atoms with Gasteiger partial charge in [-0.25, -0.2) is 4.39 Å². The Morgan fingerprint density at radius 3 is 2.50 bits per heavy atom. The fourth-order valence-electron chi connectivity index (χ4n) is 2.25. The van der Waals surface area contributed by atoms with Gasteiger partial charge in [0.2, 0.25) is 0 Å². The zero-order valence-corrected chi connectivity index (χ0v) is 12.8. The molecule has 1 N–H and O–H groups in total. The van der Waals surface area contributed by atoms with Gasteiger partial charge in [0.05, 0.1) is 19.8 Å². The van der Waals surface area contributed by atoms with E-state index in [9.17, 15) is 9.18 Å². The second-order valence-electron chi connectivity index (χ2n) is 4.75. The van der Waals surface area contributed by atoms with Crippen molar-refractivity contribution in [3.8, 4) is 11.5 Å². The molecule has 116 valence electrons. The van der Waals surface area contributed by atoms with Gasteiger partial charge < -0.3 is 14.8 Å². The lowest BCUT2D eigenvalue weighted by Crippen LogP contribution is -2.24. The van der Waals surface area contributed by atoms with Gasteiger partial charge in [0.15, 0.2) is 0 Å². The van der Waals surface area contributed by atoms with E-state index in [4.69, 9.17) is 9.47 Å². The van der Waals surface area contributed by atoms with Crippen LogP contribution in [0, 0.1) is 12.7 Å². The van der Waals surface area contributed by atoms with E-state index in [1.807, 2.05) is 6.92 Å². The maximum atomic E-state index is 13.6. The van der Waals surface area contributed by atoms with E-state index in [-0.39, 0.29) is 18.3 Å². The highest BCUT2D eigenvalue weighted by Gasteiger charge is 2.17. The molecule has 2 aromatic carbocycles. The number of ether oxygens (including phenoxy) is 2. The molecule has 0 aromatic heterocycles. The Morgan fingerprint density at radius 2 is 1.86 bits per heavy atom. The number of rotatable bonds is 5. The monoisotopic (exact) mass is 303 g/mol. The number of carbonyl (C=O) groups is 1. The van der Waals surface area contributed by atoms with Crippen molar-refractivity contribution in [2.45, 2.75) is 13.5 Å². The van der Waals surface area contributed by atoms with Crippen LogP contribution in [0.4, 0.5) is 4.39 Å². The summed E-state index contributed by atoms with van der Waals surface area (Å²) in [5.41, 5.74) is 1.56. The van der Waals surface area contributed by atoms with Crippen LogP contribution in [0.1, 0.15) is 21.5 Å². The van der Waals surface area contributed by atoms with Crippen LogP contribution < -0.4 is 14.8 Å². The van der Waals surface area contributed by atoms with E-state index in [0.29, 0.717) is 22.6 Å². The molecule has 0 fully saturated rings. The Morgan fingerprint density at radius 1 is 1.14 bits per heavy atom. The fraction of sp³-hybridized carbons (Fsp3) is 0.235. The number of halogens is 1. The predicted molar refractivity (Wildman–Crippen MR) is 81.9 cm³/mol. The molecule has 0 aliphatic carbocycles. The van der Waals surface area contributed by atoms with E-state index in [1.165, 1.54) is 13.2 Å². The van der Waals surface area contributed by atoms with Gasteiger partial charge in [0, 0.05) is 17.7 Å². The fourth-order valence-corrected chi connectivity index (χ4v) is 2.25. The summed E-state index contributed by atoms with van der Waals surface area (Å²) < 4.78 is 24.1. The number of amides is 1. The molecular weight excluding hydrogens is 285 g/mol. The third-order valence-electron chi connectivity index (χ3n) is 3.42. The zero-order valence-electron chi connectivity index (χ0n) is 12.8. The maximum Gasteiger partial charge on any atom is 0.255 e. The molecule has 0 atom stereocenters. The van der Waals surface area contributed by atoms with Crippen LogP contribution >= 0.6 is 0 Å². The Kier molecular flexibility index (Phi) is 4.99. The highest BCUT2D eigenvalue weighted by atomic mass is 19.1. The summed E-state index contributed by atoms with van der Waals surface area (Å²) in [4.78, 5) is 12.3. The predicted octanol–water partition coefficient (Wildman–Crippen LogP) is 3.08. The van der Waals surface area contributed by atoms with E-state index in [1.54, 1.807) is 37.4 Å². The highest BCUT2D eigenvalue weighted by molar-refractivity contribution is 5.97. The van der Waals surface area contributed by atoms with Crippen LogP contribution in [0.3, 0.4) is 0 Å². The summed E-state index contributed by atoms with van der Waals surface area (Å²) >= 11 is 0. The van der Waals surface area contributed by atoms with E-state index in [2.05, 4.69) is 5.32 Å². The summed E-state index contributed by atoms with van der Waals surface area (Å²) in [6.45, 7) is 1.92. The smallest absolute Gasteiger partial charge is 0.255 e. The van der Waals surface area contributed by atoms with Gasteiger partial charge >= 0.3 is 0 Å². The molecule has 4 nitrogen and oxygen atoms in total. The van der Waals surface area contributed by atoms with Crippen molar-refractivity contribution in [1.29, 1.82) is 0 Å². The molecule has 0 saturated heterocycles. The third kappa shape index (κ3) is 3.19. The van der Waals surface area contributed by atoms with Crippen LogP contribution in [0.2, 0.25) is 0 Å². The molecule has 0 saturated carbocycles. The Balaban J connectivity index is 2.20. The number of hydrogen-bond donors (Lipinski definition) is 1. The van der Waals surface area contributed by atoms with Crippen molar-refractivity contribution in [2.24, 2.45) is 0 Å². The molecule has 0 spiro atoms. The standard InChI is InChI=1S/C17H18FNO3/c1-11-15(21-2)9-8-13(16(11)22-3)17(20)19-10-12-6-4-5-7-14(12)18/h4-9H,10H2,1-3H3,(H,19,20). The van der Waals surface area contributed by atoms with E-state index < -0.39 is 0 Å². The Labute approximate surface area is 128 Å². The van der Waals surface area contributed by atoms with Crippen LogP contribution in [-0.2, 0) is 6.54 Å². The lowest BCUT2D eigenvalue weighted by atomic mass is 10.1. The second-order valence-corrected chi connectivity index (χ2v) is 4.75. The molecule has 1 amide bonds. The minimum atomic E-state index is -0.347. The molecule has 0 heterocycles.